The Morgan fingerprint density at radius 2 is 2.04 bits per heavy atom. The van der Waals surface area contributed by atoms with Crippen molar-refractivity contribution < 1.29 is 9.18 Å². The van der Waals surface area contributed by atoms with Gasteiger partial charge in [0.1, 0.15) is 5.54 Å². The van der Waals surface area contributed by atoms with Gasteiger partial charge >= 0.3 is 0 Å². The summed E-state index contributed by atoms with van der Waals surface area (Å²) >= 11 is 0. The van der Waals surface area contributed by atoms with Gasteiger partial charge in [0.2, 0.25) is 5.91 Å². The van der Waals surface area contributed by atoms with E-state index in [1.165, 1.54) is 10.9 Å². The van der Waals surface area contributed by atoms with Crippen LogP contribution in [0.3, 0.4) is 0 Å². The summed E-state index contributed by atoms with van der Waals surface area (Å²) in [6.45, 7) is 5.23. The van der Waals surface area contributed by atoms with Gasteiger partial charge in [-0.25, -0.2) is 14.1 Å². The SMILES string of the molecule is CC(c1ccc(-n2cc(F)cn2)nc1)N1CCNC2(CCNCC2)C1=O. The highest BCUT2D eigenvalue weighted by Gasteiger charge is 2.45. The normalized spacial score (nSPS) is 21.2. The fourth-order valence-corrected chi connectivity index (χ4v) is 3.87. The van der Waals surface area contributed by atoms with E-state index in [0.29, 0.717) is 12.4 Å². The maximum atomic E-state index is 13.2. The van der Waals surface area contributed by atoms with Crippen LogP contribution in [-0.2, 0) is 4.79 Å². The molecule has 8 heteroatoms. The van der Waals surface area contributed by atoms with Gasteiger partial charge in [-0.1, -0.05) is 6.07 Å². The number of rotatable bonds is 3. The Labute approximate surface area is 151 Å². The zero-order valence-corrected chi connectivity index (χ0v) is 14.8. The summed E-state index contributed by atoms with van der Waals surface area (Å²) in [5.41, 5.74) is 0.526. The van der Waals surface area contributed by atoms with E-state index in [4.69, 9.17) is 0 Å². The van der Waals surface area contributed by atoms with Crippen molar-refractivity contribution in [2.45, 2.75) is 31.3 Å². The topological polar surface area (TPSA) is 75.1 Å². The van der Waals surface area contributed by atoms with E-state index in [0.717, 1.165) is 44.2 Å². The Morgan fingerprint density at radius 3 is 2.69 bits per heavy atom. The molecule has 138 valence electrons. The molecule has 2 fully saturated rings. The Hall–Kier alpha value is -2.32. The predicted molar refractivity (Wildman–Crippen MR) is 94.3 cm³/mol. The number of nitrogens with zero attached hydrogens (tertiary/aromatic N) is 4. The van der Waals surface area contributed by atoms with Crippen LogP contribution in [0.5, 0.6) is 0 Å². The second-order valence-corrected chi connectivity index (χ2v) is 6.99. The van der Waals surface area contributed by atoms with Gasteiger partial charge in [-0.2, -0.15) is 5.10 Å². The molecule has 2 aromatic heterocycles. The fourth-order valence-electron chi connectivity index (χ4n) is 3.87. The van der Waals surface area contributed by atoms with Crippen LogP contribution in [-0.4, -0.2) is 57.3 Å². The van der Waals surface area contributed by atoms with Crippen LogP contribution >= 0.6 is 0 Å². The van der Waals surface area contributed by atoms with Crippen LogP contribution in [0.1, 0.15) is 31.4 Å². The lowest BCUT2D eigenvalue weighted by Gasteiger charge is -2.46. The average Bonchev–Trinajstić information content (AvgIpc) is 3.11. The van der Waals surface area contributed by atoms with Crippen molar-refractivity contribution in [3.8, 4) is 5.82 Å². The molecule has 1 amide bonds. The van der Waals surface area contributed by atoms with Crippen molar-refractivity contribution in [1.82, 2.24) is 30.3 Å². The minimum atomic E-state index is -0.433. The summed E-state index contributed by atoms with van der Waals surface area (Å²) in [5.74, 6) is 0.324. The number of halogens is 1. The number of piperazine rings is 1. The molecule has 2 aromatic rings. The van der Waals surface area contributed by atoms with Crippen molar-refractivity contribution in [3.63, 3.8) is 0 Å². The molecule has 0 aliphatic carbocycles. The summed E-state index contributed by atoms with van der Waals surface area (Å²) in [6.07, 6.45) is 5.81. The van der Waals surface area contributed by atoms with Gasteiger partial charge in [0.25, 0.3) is 0 Å². The van der Waals surface area contributed by atoms with Gasteiger partial charge in [-0.05, 0) is 44.5 Å². The summed E-state index contributed by atoms with van der Waals surface area (Å²) in [5, 5.41) is 10.7. The van der Waals surface area contributed by atoms with Gasteiger partial charge in [0, 0.05) is 19.3 Å². The van der Waals surface area contributed by atoms with Crippen LogP contribution < -0.4 is 10.6 Å². The molecule has 4 heterocycles. The third-order valence-electron chi connectivity index (χ3n) is 5.45. The Morgan fingerprint density at radius 1 is 1.23 bits per heavy atom. The van der Waals surface area contributed by atoms with E-state index >= 15 is 0 Å². The first kappa shape index (κ1) is 17.1. The molecule has 0 bridgehead atoms. The number of carbonyl (C=O) groups excluding carboxylic acids is 1. The maximum Gasteiger partial charge on any atom is 0.243 e. The number of hydrogen-bond donors (Lipinski definition) is 2. The van der Waals surface area contributed by atoms with Crippen molar-refractivity contribution in [2.24, 2.45) is 0 Å². The van der Waals surface area contributed by atoms with Gasteiger partial charge in [-0.15, -0.1) is 0 Å². The highest BCUT2D eigenvalue weighted by Crippen LogP contribution is 2.30. The van der Waals surface area contributed by atoms with Gasteiger partial charge in [-0.3, -0.25) is 4.79 Å². The molecule has 2 aliphatic rings. The van der Waals surface area contributed by atoms with E-state index in [-0.39, 0.29) is 11.9 Å². The smallest absolute Gasteiger partial charge is 0.243 e. The van der Waals surface area contributed by atoms with Crippen molar-refractivity contribution in [3.05, 3.63) is 42.1 Å². The molecule has 1 unspecified atom stereocenters. The number of aromatic nitrogens is 3. The third kappa shape index (κ3) is 2.99. The quantitative estimate of drug-likeness (QED) is 0.857. The van der Waals surface area contributed by atoms with Crippen LogP contribution in [0.4, 0.5) is 4.39 Å². The minimum absolute atomic E-state index is 0.0627. The maximum absolute atomic E-state index is 13.2. The summed E-state index contributed by atoms with van der Waals surface area (Å²) in [7, 11) is 0. The highest BCUT2D eigenvalue weighted by atomic mass is 19.1. The number of piperidine rings is 1. The van der Waals surface area contributed by atoms with Crippen LogP contribution in [0.15, 0.2) is 30.7 Å². The lowest BCUT2D eigenvalue weighted by molar-refractivity contribution is -0.145. The lowest BCUT2D eigenvalue weighted by atomic mass is 9.84. The van der Waals surface area contributed by atoms with Crippen molar-refractivity contribution >= 4 is 5.91 Å². The zero-order chi connectivity index (χ0) is 18.1. The fraction of sp³-hybridized carbons (Fsp3) is 0.500. The van der Waals surface area contributed by atoms with E-state index in [9.17, 15) is 9.18 Å². The standard InChI is InChI=1S/C18H23FN6O/c1-13(14-2-3-16(21-10-14)25-12-15(19)11-23-25)24-9-8-22-18(17(24)26)4-6-20-7-5-18/h2-3,10-13,20,22H,4-9H2,1H3. The predicted octanol–water partition coefficient (Wildman–Crippen LogP) is 1.02. The largest absolute Gasteiger partial charge is 0.333 e. The number of nitrogens with one attached hydrogen (secondary N) is 2. The van der Waals surface area contributed by atoms with Crippen molar-refractivity contribution in [2.75, 3.05) is 26.2 Å². The third-order valence-corrected chi connectivity index (χ3v) is 5.45. The lowest BCUT2D eigenvalue weighted by Crippen LogP contribution is -2.67. The Balaban J connectivity index is 1.53. The minimum Gasteiger partial charge on any atom is -0.333 e. The summed E-state index contributed by atoms with van der Waals surface area (Å²) in [6, 6.07) is 3.66. The first-order valence-electron chi connectivity index (χ1n) is 9.02. The molecule has 2 aliphatic heterocycles. The molecule has 0 aromatic carbocycles. The van der Waals surface area contributed by atoms with Crippen molar-refractivity contribution in [1.29, 1.82) is 0 Å². The molecule has 1 atom stereocenters. The molecule has 1 spiro atoms. The monoisotopic (exact) mass is 358 g/mol. The summed E-state index contributed by atoms with van der Waals surface area (Å²) in [4.78, 5) is 19.5. The number of hydrogen-bond acceptors (Lipinski definition) is 5. The highest BCUT2D eigenvalue weighted by molar-refractivity contribution is 5.87. The molecule has 26 heavy (non-hydrogen) atoms. The van der Waals surface area contributed by atoms with Crippen LogP contribution in [0.2, 0.25) is 0 Å². The van der Waals surface area contributed by atoms with Gasteiger partial charge in [0.15, 0.2) is 11.6 Å². The first-order chi connectivity index (χ1) is 12.6. The van der Waals surface area contributed by atoms with E-state index in [1.54, 1.807) is 12.3 Å². The van der Waals surface area contributed by atoms with E-state index in [1.807, 2.05) is 17.9 Å². The molecule has 2 N–H and O–H groups in total. The Kier molecular flexibility index (Phi) is 4.46. The number of amides is 1. The first-order valence-corrected chi connectivity index (χ1v) is 9.02. The van der Waals surface area contributed by atoms with Crippen LogP contribution in [0, 0.1) is 5.82 Å². The molecule has 0 saturated carbocycles. The molecule has 2 saturated heterocycles. The van der Waals surface area contributed by atoms with E-state index in [2.05, 4.69) is 20.7 Å². The second-order valence-electron chi connectivity index (χ2n) is 6.99. The average molecular weight is 358 g/mol. The number of pyridine rings is 1. The molecule has 7 nitrogen and oxygen atoms in total. The van der Waals surface area contributed by atoms with Crippen LogP contribution in [0.25, 0.3) is 5.82 Å². The zero-order valence-electron chi connectivity index (χ0n) is 14.8. The molecule has 0 radical (unpaired) electrons. The second kappa shape index (κ2) is 6.77. The van der Waals surface area contributed by atoms with Gasteiger partial charge < -0.3 is 15.5 Å². The number of carbonyl (C=O) groups is 1. The molecular weight excluding hydrogens is 335 g/mol. The molecule has 4 rings (SSSR count). The Bertz CT molecular complexity index is 778. The summed E-state index contributed by atoms with van der Waals surface area (Å²) < 4.78 is 14.5. The molecular formula is C18H23FN6O. The van der Waals surface area contributed by atoms with E-state index < -0.39 is 11.4 Å². The van der Waals surface area contributed by atoms with Gasteiger partial charge in [0.05, 0.1) is 18.4 Å².